The number of pyridine rings is 1. The van der Waals surface area contributed by atoms with Gasteiger partial charge in [-0.2, -0.15) is 0 Å². The molecule has 4 rings (SSSR count). The van der Waals surface area contributed by atoms with E-state index in [1.54, 1.807) is 0 Å². The van der Waals surface area contributed by atoms with E-state index in [9.17, 15) is 4.39 Å². The Bertz CT molecular complexity index is 1030. The number of halogens is 1. The van der Waals surface area contributed by atoms with Gasteiger partial charge in [-0.1, -0.05) is 38.1 Å². The van der Waals surface area contributed by atoms with E-state index in [2.05, 4.69) is 49.3 Å². The molecule has 0 aliphatic carbocycles. The SMILES string of the molecule is CC(C)COc1ccc(CNc2nccc(C3CCN(C)C3)c2Cc2ccc(F)cc2)cc1. The molecule has 2 heterocycles. The third-order valence-corrected chi connectivity index (χ3v) is 6.18. The highest BCUT2D eigenvalue weighted by Gasteiger charge is 2.25. The topological polar surface area (TPSA) is 37.4 Å². The smallest absolute Gasteiger partial charge is 0.130 e. The third kappa shape index (κ3) is 6.32. The zero-order valence-corrected chi connectivity index (χ0v) is 19.9. The van der Waals surface area contributed by atoms with Crippen LogP contribution in [0.2, 0.25) is 0 Å². The lowest BCUT2D eigenvalue weighted by molar-refractivity contribution is 0.271. The maximum absolute atomic E-state index is 13.5. The van der Waals surface area contributed by atoms with Gasteiger partial charge in [0.2, 0.25) is 0 Å². The number of rotatable bonds is 9. The largest absolute Gasteiger partial charge is 0.493 e. The molecule has 4 nitrogen and oxygen atoms in total. The van der Waals surface area contributed by atoms with Crippen LogP contribution in [0.1, 0.15) is 48.4 Å². The van der Waals surface area contributed by atoms with Crippen molar-refractivity contribution in [1.82, 2.24) is 9.88 Å². The molecule has 33 heavy (non-hydrogen) atoms. The van der Waals surface area contributed by atoms with Gasteiger partial charge in [-0.05, 0) is 78.9 Å². The Morgan fingerprint density at radius 3 is 2.45 bits per heavy atom. The molecule has 2 aromatic carbocycles. The summed E-state index contributed by atoms with van der Waals surface area (Å²) in [5.41, 5.74) is 4.82. The van der Waals surface area contributed by atoms with Gasteiger partial charge in [0.25, 0.3) is 0 Å². The molecular formula is C28H34FN3O. The minimum absolute atomic E-state index is 0.207. The van der Waals surface area contributed by atoms with E-state index in [1.807, 2.05) is 30.5 Å². The second-order valence-electron chi connectivity index (χ2n) is 9.48. The molecule has 1 unspecified atom stereocenters. The third-order valence-electron chi connectivity index (χ3n) is 6.18. The molecule has 0 radical (unpaired) electrons. The number of anilines is 1. The number of hydrogen-bond acceptors (Lipinski definition) is 4. The van der Waals surface area contributed by atoms with Gasteiger partial charge in [-0.25, -0.2) is 9.37 Å². The normalized spacial score (nSPS) is 16.3. The second-order valence-corrected chi connectivity index (χ2v) is 9.48. The Hall–Kier alpha value is -2.92. The average Bonchev–Trinajstić information content (AvgIpc) is 3.25. The quantitative estimate of drug-likeness (QED) is 0.445. The molecule has 0 amide bonds. The van der Waals surface area contributed by atoms with Crippen LogP contribution in [0.25, 0.3) is 0 Å². The summed E-state index contributed by atoms with van der Waals surface area (Å²) in [6.07, 6.45) is 3.79. The van der Waals surface area contributed by atoms with E-state index in [-0.39, 0.29) is 5.82 Å². The summed E-state index contributed by atoms with van der Waals surface area (Å²) < 4.78 is 19.3. The number of nitrogens with zero attached hydrogens (tertiary/aromatic N) is 2. The lowest BCUT2D eigenvalue weighted by atomic mass is 9.91. The summed E-state index contributed by atoms with van der Waals surface area (Å²) in [6.45, 7) is 7.85. The fourth-order valence-corrected chi connectivity index (χ4v) is 4.38. The summed E-state index contributed by atoms with van der Waals surface area (Å²) >= 11 is 0. The molecule has 1 aliphatic heterocycles. The van der Waals surface area contributed by atoms with Gasteiger partial charge in [0.05, 0.1) is 6.61 Å². The van der Waals surface area contributed by atoms with Gasteiger partial charge < -0.3 is 15.0 Å². The lowest BCUT2D eigenvalue weighted by Gasteiger charge is -2.20. The molecule has 3 aromatic rings. The number of likely N-dealkylation sites (N-methyl/N-ethyl adjacent to an activating group) is 1. The van der Waals surface area contributed by atoms with Gasteiger partial charge in [-0.15, -0.1) is 0 Å². The molecule has 0 bridgehead atoms. The number of aromatic nitrogens is 1. The van der Waals surface area contributed by atoms with Crippen molar-refractivity contribution in [2.75, 3.05) is 32.1 Å². The van der Waals surface area contributed by atoms with Crippen LogP contribution in [0.5, 0.6) is 5.75 Å². The van der Waals surface area contributed by atoms with Crippen molar-refractivity contribution in [2.24, 2.45) is 5.92 Å². The van der Waals surface area contributed by atoms with Crippen molar-refractivity contribution in [1.29, 1.82) is 0 Å². The first-order chi connectivity index (χ1) is 16.0. The van der Waals surface area contributed by atoms with E-state index in [0.29, 0.717) is 18.4 Å². The van der Waals surface area contributed by atoms with E-state index >= 15 is 0 Å². The average molecular weight is 448 g/mol. The van der Waals surface area contributed by atoms with Crippen LogP contribution in [0.3, 0.4) is 0 Å². The summed E-state index contributed by atoms with van der Waals surface area (Å²) in [5, 5.41) is 3.57. The number of ether oxygens (including phenoxy) is 1. The van der Waals surface area contributed by atoms with Crippen LogP contribution >= 0.6 is 0 Å². The molecule has 1 N–H and O–H groups in total. The zero-order chi connectivity index (χ0) is 23.2. The molecular weight excluding hydrogens is 413 g/mol. The number of hydrogen-bond donors (Lipinski definition) is 1. The van der Waals surface area contributed by atoms with E-state index in [1.165, 1.54) is 28.8 Å². The molecule has 5 heteroatoms. The van der Waals surface area contributed by atoms with Crippen molar-refractivity contribution in [2.45, 2.75) is 39.2 Å². The van der Waals surface area contributed by atoms with Crippen LogP contribution in [-0.4, -0.2) is 36.6 Å². The van der Waals surface area contributed by atoms with Crippen molar-refractivity contribution >= 4 is 5.82 Å². The fourth-order valence-electron chi connectivity index (χ4n) is 4.38. The molecule has 1 fully saturated rings. The molecule has 1 atom stereocenters. The Morgan fingerprint density at radius 2 is 1.79 bits per heavy atom. The van der Waals surface area contributed by atoms with Gasteiger partial charge >= 0.3 is 0 Å². The van der Waals surface area contributed by atoms with E-state index < -0.39 is 0 Å². The van der Waals surface area contributed by atoms with Crippen LogP contribution in [0, 0.1) is 11.7 Å². The number of benzene rings is 2. The van der Waals surface area contributed by atoms with Crippen LogP contribution in [-0.2, 0) is 13.0 Å². The van der Waals surface area contributed by atoms with Crippen LogP contribution in [0.4, 0.5) is 10.2 Å². The van der Waals surface area contributed by atoms with Crippen molar-refractivity contribution in [3.05, 3.63) is 88.9 Å². The van der Waals surface area contributed by atoms with Gasteiger partial charge in [0, 0.05) is 31.3 Å². The summed E-state index contributed by atoms with van der Waals surface area (Å²) in [6, 6.07) is 17.2. The Balaban J connectivity index is 1.53. The predicted octanol–water partition coefficient (Wildman–Crippen LogP) is 5.88. The van der Waals surface area contributed by atoms with Gasteiger partial charge in [0.1, 0.15) is 17.4 Å². The summed E-state index contributed by atoms with van der Waals surface area (Å²) in [7, 11) is 2.18. The monoisotopic (exact) mass is 447 g/mol. The van der Waals surface area contributed by atoms with Gasteiger partial charge in [0.15, 0.2) is 0 Å². The zero-order valence-electron chi connectivity index (χ0n) is 19.9. The van der Waals surface area contributed by atoms with Crippen molar-refractivity contribution in [3.63, 3.8) is 0 Å². The van der Waals surface area contributed by atoms with Crippen LogP contribution in [0.15, 0.2) is 60.8 Å². The standard InChI is InChI=1S/C28H34FN3O/c1-20(2)19-33-25-10-6-22(7-11-25)17-31-28-27(16-21-4-8-24(29)9-5-21)26(12-14-30-28)23-13-15-32(3)18-23/h4-12,14,20,23H,13,15-19H2,1-3H3,(H,30,31). The Morgan fingerprint density at radius 1 is 1.06 bits per heavy atom. The maximum Gasteiger partial charge on any atom is 0.130 e. The van der Waals surface area contributed by atoms with Crippen LogP contribution < -0.4 is 10.1 Å². The first-order valence-electron chi connectivity index (χ1n) is 11.8. The summed E-state index contributed by atoms with van der Waals surface area (Å²) in [5.74, 6) is 2.60. The first kappa shape index (κ1) is 23.2. The van der Waals surface area contributed by atoms with Gasteiger partial charge in [-0.3, -0.25) is 0 Å². The lowest BCUT2D eigenvalue weighted by Crippen LogP contribution is -2.15. The molecule has 1 aromatic heterocycles. The maximum atomic E-state index is 13.5. The minimum atomic E-state index is -0.207. The van der Waals surface area contributed by atoms with E-state index in [4.69, 9.17) is 9.72 Å². The predicted molar refractivity (Wildman–Crippen MR) is 132 cm³/mol. The highest BCUT2D eigenvalue weighted by Crippen LogP contribution is 2.33. The second kappa shape index (κ2) is 10.8. The molecule has 0 spiro atoms. The molecule has 0 saturated carbocycles. The van der Waals surface area contributed by atoms with Crippen molar-refractivity contribution < 1.29 is 9.13 Å². The Kier molecular flexibility index (Phi) is 7.61. The van der Waals surface area contributed by atoms with Crippen molar-refractivity contribution in [3.8, 4) is 5.75 Å². The molecule has 1 saturated heterocycles. The molecule has 174 valence electrons. The van der Waals surface area contributed by atoms with E-state index in [0.717, 1.165) is 49.7 Å². The first-order valence-corrected chi connectivity index (χ1v) is 11.8. The highest BCUT2D eigenvalue weighted by molar-refractivity contribution is 5.52. The fraction of sp³-hybridized carbons (Fsp3) is 0.393. The number of likely N-dealkylation sites (tertiary alicyclic amines) is 1. The highest BCUT2D eigenvalue weighted by atomic mass is 19.1. The Labute approximate surface area is 196 Å². The number of nitrogens with one attached hydrogen (secondary N) is 1. The minimum Gasteiger partial charge on any atom is -0.493 e. The molecule has 1 aliphatic rings. The summed E-state index contributed by atoms with van der Waals surface area (Å²) in [4.78, 5) is 7.08.